The first-order valence-corrected chi connectivity index (χ1v) is 6.40. The number of aromatic amines is 1. The lowest BCUT2D eigenvalue weighted by atomic mass is 10.2. The van der Waals surface area contributed by atoms with Gasteiger partial charge in [-0.1, -0.05) is 0 Å². The Balaban J connectivity index is 2.58. The maximum absolute atomic E-state index is 11.7. The number of H-pyrrole nitrogens is 1. The number of nitrogens with zero attached hydrogens (tertiary/aromatic N) is 2. The molecule has 0 saturated carbocycles. The molecule has 2 rings (SSSR count). The zero-order valence-electron chi connectivity index (χ0n) is 11.3. The van der Waals surface area contributed by atoms with Crippen molar-refractivity contribution in [3.05, 3.63) is 39.5 Å². The highest BCUT2D eigenvalue weighted by molar-refractivity contribution is 7.71. The fourth-order valence-electron chi connectivity index (χ4n) is 1.84. The van der Waals surface area contributed by atoms with Crippen LogP contribution >= 0.6 is 12.2 Å². The first-order chi connectivity index (χ1) is 9.65. The molecule has 2 aromatic rings. The van der Waals surface area contributed by atoms with E-state index >= 15 is 0 Å². The molecule has 0 unspecified atom stereocenters. The molecule has 0 radical (unpaired) electrons. The van der Waals surface area contributed by atoms with Crippen LogP contribution in [0.1, 0.15) is 0 Å². The SMILES string of the molecule is COCCn1c(-c2ccnc(OC)c2)cc(=O)[nH]c1=S. The highest BCUT2D eigenvalue weighted by Crippen LogP contribution is 2.21. The van der Waals surface area contributed by atoms with Crippen LogP contribution in [0.2, 0.25) is 0 Å². The molecule has 6 nitrogen and oxygen atoms in total. The van der Waals surface area contributed by atoms with Gasteiger partial charge in [0, 0.05) is 37.5 Å². The normalized spacial score (nSPS) is 10.5. The van der Waals surface area contributed by atoms with Crippen molar-refractivity contribution in [3.8, 4) is 17.1 Å². The summed E-state index contributed by atoms with van der Waals surface area (Å²) in [6.07, 6.45) is 1.62. The third-order valence-electron chi connectivity index (χ3n) is 2.79. The fourth-order valence-corrected chi connectivity index (χ4v) is 2.13. The van der Waals surface area contributed by atoms with E-state index < -0.39 is 0 Å². The summed E-state index contributed by atoms with van der Waals surface area (Å²) in [4.78, 5) is 18.3. The molecule has 2 aromatic heterocycles. The molecule has 106 valence electrons. The van der Waals surface area contributed by atoms with Crippen LogP contribution in [-0.2, 0) is 11.3 Å². The van der Waals surface area contributed by atoms with Gasteiger partial charge in [0.05, 0.1) is 19.4 Å². The minimum absolute atomic E-state index is 0.241. The Morgan fingerprint density at radius 3 is 2.90 bits per heavy atom. The van der Waals surface area contributed by atoms with Gasteiger partial charge in [0.25, 0.3) is 5.56 Å². The summed E-state index contributed by atoms with van der Waals surface area (Å²) in [6.45, 7) is 1.04. The number of aromatic nitrogens is 3. The number of ether oxygens (including phenoxy) is 2. The molecule has 20 heavy (non-hydrogen) atoms. The highest BCUT2D eigenvalue weighted by Gasteiger charge is 2.08. The Hall–Kier alpha value is -1.99. The number of pyridine rings is 1. The molecule has 0 bridgehead atoms. The second-order valence-electron chi connectivity index (χ2n) is 4.06. The van der Waals surface area contributed by atoms with E-state index in [1.807, 2.05) is 4.57 Å². The van der Waals surface area contributed by atoms with Crippen molar-refractivity contribution in [1.29, 1.82) is 0 Å². The number of hydrogen-bond acceptors (Lipinski definition) is 5. The van der Waals surface area contributed by atoms with Crippen LogP contribution in [0.4, 0.5) is 0 Å². The average molecular weight is 293 g/mol. The molecular weight excluding hydrogens is 278 g/mol. The molecule has 1 N–H and O–H groups in total. The molecule has 0 aliphatic heterocycles. The molecule has 0 aromatic carbocycles. The molecule has 2 heterocycles. The first-order valence-electron chi connectivity index (χ1n) is 5.99. The molecule has 0 fully saturated rings. The van der Waals surface area contributed by atoms with E-state index in [1.165, 1.54) is 6.07 Å². The summed E-state index contributed by atoms with van der Waals surface area (Å²) >= 11 is 5.21. The second kappa shape index (κ2) is 6.44. The molecule has 7 heteroatoms. The van der Waals surface area contributed by atoms with Crippen molar-refractivity contribution >= 4 is 12.2 Å². The van der Waals surface area contributed by atoms with Crippen LogP contribution in [0.15, 0.2) is 29.2 Å². The van der Waals surface area contributed by atoms with Crippen LogP contribution in [0.25, 0.3) is 11.3 Å². The van der Waals surface area contributed by atoms with Gasteiger partial charge in [0.1, 0.15) is 0 Å². The van der Waals surface area contributed by atoms with Crippen LogP contribution in [0, 0.1) is 4.77 Å². The van der Waals surface area contributed by atoms with Crippen LogP contribution in [0.5, 0.6) is 5.88 Å². The van der Waals surface area contributed by atoms with Crippen molar-refractivity contribution in [2.24, 2.45) is 0 Å². The molecular formula is C13H15N3O3S. The van der Waals surface area contributed by atoms with E-state index in [0.29, 0.717) is 29.5 Å². The number of hydrogen-bond donors (Lipinski definition) is 1. The quantitative estimate of drug-likeness (QED) is 0.848. The summed E-state index contributed by atoms with van der Waals surface area (Å²) in [6, 6.07) is 5.06. The van der Waals surface area contributed by atoms with Gasteiger partial charge in [0.2, 0.25) is 5.88 Å². The number of rotatable bonds is 5. The van der Waals surface area contributed by atoms with E-state index in [9.17, 15) is 4.79 Å². The summed E-state index contributed by atoms with van der Waals surface area (Å²) in [7, 11) is 3.16. The third-order valence-corrected chi connectivity index (χ3v) is 3.12. The Kier molecular flexibility index (Phi) is 4.65. The van der Waals surface area contributed by atoms with Gasteiger partial charge in [-0.3, -0.25) is 9.78 Å². The fraction of sp³-hybridized carbons (Fsp3) is 0.308. The van der Waals surface area contributed by atoms with Gasteiger partial charge < -0.3 is 14.0 Å². The largest absolute Gasteiger partial charge is 0.481 e. The Bertz CT molecular complexity index is 708. The summed E-state index contributed by atoms with van der Waals surface area (Å²) in [5.74, 6) is 0.479. The average Bonchev–Trinajstić information content (AvgIpc) is 2.45. The minimum atomic E-state index is -0.241. The van der Waals surface area contributed by atoms with Crippen molar-refractivity contribution < 1.29 is 9.47 Å². The monoisotopic (exact) mass is 293 g/mol. The molecule has 0 atom stereocenters. The zero-order chi connectivity index (χ0) is 14.5. The standard InChI is InChI=1S/C13H15N3O3S/c1-18-6-5-16-10(8-11(17)15-13(16)20)9-3-4-14-12(7-9)19-2/h3-4,7-8H,5-6H2,1-2H3,(H,15,17,20). The van der Waals surface area contributed by atoms with Crippen molar-refractivity contribution in [2.45, 2.75) is 6.54 Å². The second-order valence-corrected chi connectivity index (χ2v) is 4.44. The van der Waals surface area contributed by atoms with Gasteiger partial charge >= 0.3 is 0 Å². The van der Waals surface area contributed by atoms with Crippen LogP contribution in [-0.4, -0.2) is 35.4 Å². The zero-order valence-corrected chi connectivity index (χ0v) is 12.1. The van der Waals surface area contributed by atoms with E-state index in [4.69, 9.17) is 21.7 Å². The molecule has 0 aliphatic carbocycles. The molecule has 0 saturated heterocycles. The topological polar surface area (TPSA) is 69.1 Å². The molecule has 0 amide bonds. The maximum Gasteiger partial charge on any atom is 0.252 e. The van der Waals surface area contributed by atoms with Crippen molar-refractivity contribution in [3.63, 3.8) is 0 Å². The Morgan fingerprint density at radius 2 is 2.20 bits per heavy atom. The first kappa shape index (κ1) is 14.4. The molecule has 0 aliphatic rings. The van der Waals surface area contributed by atoms with Gasteiger partial charge in [-0.15, -0.1) is 0 Å². The lowest BCUT2D eigenvalue weighted by Gasteiger charge is -2.13. The lowest BCUT2D eigenvalue weighted by Crippen LogP contribution is -2.16. The maximum atomic E-state index is 11.7. The highest BCUT2D eigenvalue weighted by atomic mass is 32.1. The predicted octanol–water partition coefficient (Wildman–Crippen LogP) is 1.62. The van der Waals surface area contributed by atoms with Crippen LogP contribution < -0.4 is 10.3 Å². The summed E-state index contributed by atoms with van der Waals surface area (Å²) < 4.78 is 12.3. The summed E-state index contributed by atoms with van der Waals surface area (Å²) in [5.41, 5.74) is 1.27. The van der Waals surface area contributed by atoms with Gasteiger partial charge in [-0.25, -0.2) is 4.98 Å². The predicted molar refractivity (Wildman–Crippen MR) is 77.5 cm³/mol. The smallest absolute Gasteiger partial charge is 0.252 e. The van der Waals surface area contributed by atoms with Gasteiger partial charge in [-0.2, -0.15) is 0 Å². The number of nitrogens with one attached hydrogen (secondary N) is 1. The van der Waals surface area contributed by atoms with Crippen molar-refractivity contribution in [2.75, 3.05) is 20.8 Å². The lowest BCUT2D eigenvalue weighted by molar-refractivity contribution is 0.186. The number of methoxy groups -OCH3 is 2. The van der Waals surface area contributed by atoms with Gasteiger partial charge in [0.15, 0.2) is 4.77 Å². The van der Waals surface area contributed by atoms with Crippen LogP contribution in [0.3, 0.4) is 0 Å². The Morgan fingerprint density at radius 1 is 1.40 bits per heavy atom. The Labute approximate surface area is 121 Å². The third kappa shape index (κ3) is 3.12. The van der Waals surface area contributed by atoms with E-state index in [2.05, 4.69) is 9.97 Å². The van der Waals surface area contributed by atoms with Gasteiger partial charge in [-0.05, 0) is 18.3 Å². The van der Waals surface area contributed by atoms with E-state index in [-0.39, 0.29) is 5.56 Å². The van der Waals surface area contributed by atoms with E-state index in [1.54, 1.807) is 32.5 Å². The summed E-state index contributed by atoms with van der Waals surface area (Å²) in [5, 5.41) is 0. The minimum Gasteiger partial charge on any atom is -0.481 e. The van der Waals surface area contributed by atoms with E-state index in [0.717, 1.165) is 5.56 Å². The van der Waals surface area contributed by atoms with Crippen molar-refractivity contribution in [1.82, 2.24) is 14.5 Å². The molecule has 0 spiro atoms.